The van der Waals surface area contributed by atoms with Gasteiger partial charge in [-0.05, 0) is 62.0 Å². The summed E-state index contributed by atoms with van der Waals surface area (Å²) in [5, 5.41) is 0. The number of carbonyl (C=O) groups is 1. The summed E-state index contributed by atoms with van der Waals surface area (Å²) in [5.74, 6) is 3.86. The molecule has 1 aliphatic carbocycles. The van der Waals surface area contributed by atoms with Gasteiger partial charge in [0.05, 0.1) is 22.8 Å². The van der Waals surface area contributed by atoms with Crippen LogP contribution in [-0.4, -0.2) is 38.8 Å². The van der Waals surface area contributed by atoms with Crippen LogP contribution in [-0.2, 0) is 4.79 Å². The largest absolute Gasteiger partial charge is 0.340 e. The molecule has 4 rings (SSSR count). The lowest BCUT2D eigenvalue weighted by atomic mass is 10.2. The first-order valence-electron chi connectivity index (χ1n) is 8.54. The highest BCUT2D eigenvalue weighted by Gasteiger charge is 2.32. The monoisotopic (exact) mass is 329 g/mol. The first-order chi connectivity index (χ1) is 11.2. The summed E-state index contributed by atoms with van der Waals surface area (Å²) in [6.07, 6.45) is 4.79. The van der Waals surface area contributed by atoms with E-state index in [1.54, 1.807) is 11.8 Å². The minimum absolute atomic E-state index is 0.122. The van der Waals surface area contributed by atoms with Gasteiger partial charge >= 0.3 is 0 Å². The van der Waals surface area contributed by atoms with Gasteiger partial charge in [0.1, 0.15) is 5.82 Å². The van der Waals surface area contributed by atoms with Crippen molar-refractivity contribution in [2.75, 3.05) is 18.1 Å². The number of nitrogens with one attached hydrogen (secondary N) is 1. The molecule has 23 heavy (non-hydrogen) atoms. The Morgan fingerprint density at radius 3 is 3.09 bits per heavy atom. The van der Waals surface area contributed by atoms with Gasteiger partial charge in [-0.15, -0.1) is 0 Å². The lowest BCUT2D eigenvalue weighted by molar-refractivity contribution is -0.129. The number of aromatic nitrogens is 2. The second kappa shape index (κ2) is 6.19. The number of hydrogen-bond donors (Lipinski definition) is 1. The number of amides is 1. The molecule has 2 aromatic rings. The number of carbonyl (C=O) groups excluding carboxylic acids is 1. The molecule has 1 aliphatic heterocycles. The molecule has 1 aromatic heterocycles. The van der Waals surface area contributed by atoms with Crippen molar-refractivity contribution in [3.05, 3.63) is 29.6 Å². The lowest BCUT2D eigenvalue weighted by Gasteiger charge is -2.23. The molecule has 2 aliphatic rings. The second-order valence-electron chi connectivity index (χ2n) is 6.85. The second-order valence-corrected chi connectivity index (χ2v) is 7.88. The first kappa shape index (κ1) is 15.1. The molecule has 1 amide bonds. The molecule has 1 N–H and O–H groups in total. The van der Waals surface area contributed by atoms with Crippen molar-refractivity contribution in [1.82, 2.24) is 14.9 Å². The van der Waals surface area contributed by atoms with Crippen LogP contribution in [0, 0.1) is 12.8 Å². The van der Waals surface area contributed by atoms with E-state index in [2.05, 4.69) is 30.1 Å². The fraction of sp³-hybridized carbons (Fsp3) is 0.556. The van der Waals surface area contributed by atoms with E-state index in [-0.39, 0.29) is 11.9 Å². The zero-order chi connectivity index (χ0) is 15.8. The highest BCUT2D eigenvalue weighted by Crippen LogP contribution is 2.34. The molecule has 2 heterocycles. The van der Waals surface area contributed by atoms with E-state index < -0.39 is 0 Å². The van der Waals surface area contributed by atoms with E-state index in [0.717, 1.165) is 47.9 Å². The molecule has 1 aromatic carbocycles. The van der Waals surface area contributed by atoms with Crippen LogP contribution in [0.3, 0.4) is 0 Å². The predicted octanol–water partition coefficient (Wildman–Crippen LogP) is 3.68. The van der Waals surface area contributed by atoms with Gasteiger partial charge in [-0.25, -0.2) is 4.98 Å². The van der Waals surface area contributed by atoms with Gasteiger partial charge in [0.15, 0.2) is 0 Å². The Morgan fingerprint density at radius 2 is 2.26 bits per heavy atom. The number of nitrogens with zero attached hydrogens (tertiary/aromatic N) is 2. The van der Waals surface area contributed by atoms with Crippen LogP contribution < -0.4 is 0 Å². The van der Waals surface area contributed by atoms with E-state index in [1.807, 2.05) is 4.90 Å². The summed E-state index contributed by atoms with van der Waals surface area (Å²) >= 11 is 1.80. The van der Waals surface area contributed by atoms with Gasteiger partial charge in [-0.2, -0.15) is 11.8 Å². The average Bonchev–Trinajstić information content (AvgIpc) is 3.08. The maximum absolute atomic E-state index is 12.6. The van der Waals surface area contributed by atoms with Crippen LogP contribution >= 0.6 is 11.8 Å². The molecule has 4 nitrogen and oxygen atoms in total. The SMILES string of the molecule is Cc1ccc2nc([C@@H]3CCCN3C(=O)CSCC3CC3)[nH]c2c1. The zero-order valence-electron chi connectivity index (χ0n) is 13.5. The van der Waals surface area contributed by atoms with Crippen molar-refractivity contribution < 1.29 is 4.79 Å². The molecule has 1 saturated carbocycles. The summed E-state index contributed by atoms with van der Waals surface area (Å²) in [5.41, 5.74) is 3.29. The van der Waals surface area contributed by atoms with Gasteiger partial charge < -0.3 is 9.88 Å². The van der Waals surface area contributed by atoms with Gasteiger partial charge in [0.25, 0.3) is 0 Å². The van der Waals surface area contributed by atoms with Crippen LogP contribution in [0.25, 0.3) is 11.0 Å². The average molecular weight is 329 g/mol. The van der Waals surface area contributed by atoms with E-state index in [0.29, 0.717) is 5.75 Å². The highest BCUT2D eigenvalue weighted by atomic mass is 32.2. The fourth-order valence-electron chi connectivity index (χ4n) is 3.33. The molecule has 0 radical (unpaired) electrons. The maximum Gasteiger partial charge on any atom is 0.233 e. The van der Waals surface area contributed by atoms with Crippen LogP contribution in [0.5, 0.6) is 0 Å². The summed E-state index contributed by atoms with van der Waals surface area (Å²) in [7, 11) is 0. The fourth-order valence-corrected chi connectivity index (χ4v) is 4.46. The minimum atomic E-state index is 0.122. The third-order valence-electron chi connectivity index (χ3n) is 4.82. The smallest absolute Gasteiger partial charge is 0.233 e. The first-order valence-corrected chi connectivity index (χ1v) is 9.69. The number of hydrogen-bond acceptors (Lipinski definition) is 3. The number of H-pyrrole nitrogens is 1. The molecule has 2 fully saturated rings. The Hall–Kier alpha value is -1.49. The van der Waals surface area contributed by atoms with E-state index in [9.17, 15) is 4.79 Å². The van der Waals surface area contributed by atoms with Crippen LogP contribution in [0.15, 0.2) is 18.2 Å². The van der Waals surface area contributed by atoms with Crippen LogP contribution in [0.2, 0.25) is 0 Å². The molecule has 1 saturated heterocycles. The molecule has 0 unspecified atom stereocenters. The third kappa shape index (κ3) is 3.25. The Bertz CT molecular complexity index is 722. The number of fused-ring (bicyclic) bond motifs is 1. The third-order valence-corrected chi connectivity index (χ3v) is 5.98. The number of rotatable bonds is 5. The van der Waals surface area contributed by atoms with Gasteiger partial charge in [-0.3, -0.25) is 4.79 Å². The highest BCUT2D eigenvalue weighted by molar-refractivity contribution is 7.99. The van der Waals surface area contributed by atoms with Gasteiger partial charge in [0.2, 0.25) is 5.91 Å². The molecular weight excluding hydrogens is 306 g/mol. The summed E-state index contributed by atoms with van der Waals surface area (Å²) < 4.78 is 0. The molecule has 1 atom stereocenters. The van der Waals surface area contributed by atoms with E-state index in [1.165, 1.54) is 18.4 Å². The van der Waals surface area contributed by atoms with Crippen LogP contribution in [0.4, 0.5) is 0 Å². The Morgan fingerprint density at radius 1 is 1.39 bits per heavy atom. The molecular formula is C18H23N3OS. The quantitative estimate of drug-likeness (QED) is 0.910. The zero-order valence-corrected chi connectivity index (χ0v) is 14.4. The topological polar surface area (TPSA) is 49.0 Å². The standard InChI is InChI=1S/C18H23N3OS/c1-12-4-7-14-15(9-12)20-18(19-14)16-3-2-8-21(16)17(22)11-23-10-13-5-6-13/h4,7,9,13,16H,2-3,5-6,8,10-11H2,1H3,(H,19,20)/t16-/m0/s1. The summed E-state index contributed by atoms with van der Waals surface area (Å²) in [6, 6.07) is 6.38. The van der Waals surface area contributed by atoms with E-state index >= 15 is 0 Å². The molecule has 5 heteroatoms. The number of imidazole rings is 1. The lowest BCUT2D eigenvalue weighted by Crippen LogP contribution is -2.32. The summed E-state index contributed by atoms with van der Waals surface area (Å²) in [4.78, 5) is 22.8. The molecule has 0 bridgehead atoms. The number of aromatic amines is 1. The minimum Gasteiger partial charge on any atom is -0.340 e. The normalized spacial score (nSPS) is 21.3. The molecule has 122 valence electrons. The van der Waals surface area contributed by atoms with Gasteiger partial charge in [0, 0.05) is 6.54 Å². The van der Waals surface area contributed by atoms with Gasteiger partial charge in [-0.1, -0.05) is 6.07 Å². The van der Waals surface area contributed by atoms with Crippen molar-refractivity contribution in [3.63, 3.8) is 0 Å². The predicted molar refractivity (Wildman–Crippen MR) is 94.6 cm³/mol. The number of likely N-dealkylation sites (tertiary alicyclic amines) is 1. The maximum atomic E-state index is 12.6. The number of thioether (sulfide) groups is 1. The van der Waals surface area contributed by atoms with Crippen molar-refractivity contribution in [3.8, 4) is 0 Å². The number of benzene rings is 1. The molecule has 0 spiro atoms. The number of aryl methyl sites for hydroxylation is 1. The van der Waals surface area contributed by atoms with E-state index in [4.69, 9.17) is 4.98 Å². The summed E-state index contributed by atoms with van der Waals surface area (Å²) in [6.45, 7) is 2.95. The Kier molecular flexibility index (Phi) is 4.05. The van der Waals surface area contributed by atoms with Crippen molar-refractivity contribution in [2.45, 2.75) is 38.6 Å². The van der Waals surface area contributed by atoms with Crippen molar-refractivity contribution in [2.24, 2.45) is 5.92 Å². The Balaban J connectivity index is 1.47. The van der Waals surface area contributed by atoms with Crippen molar-refractivity contribution in [1.29, 1.82) is 0 Å². The van der Waals surface area contributed by atoms with Crippen LogP contribution in [0.1, 0.15) is 43.1 Å². The van der Waals surface area contributed by atoms with Crippen molar-refractivity contribution >= 4 is 28.7 Å². The Labute approximate surface area is 141 Å².